The second-order valence-corrected chi connectivity index (χ2v) is 5.50. The number of nitro groups is 1. The molecule has 8 nitrogen and oxygen atoms in total. The lowest BCUT2D eigenvalue weighted by Crippen LogP contribution is -2.39. The van der Waals surface area contributed by atoms with Gasteiger partial charge in [-0.15, -0.1) is 0 Å². The van der Waals surface area contributed by atoms with Crippen molar-refractivity contribution in [1.29, 1.82) is 0 Å². The maximum Gasteiger partial charge on any atom is 0.312 e. The van der Waals surface area contributed by atoms with Crippen molar-refractivity contribution in [2.75, 3.05) is 18.0 Å². The van der Waals surface area contributed by atoms with Crippen molar-refractivity contribution in [1.82, 2.24) is 4.98 Å². The molecule has 2 unspecified atom stereocenters. The molecule has 0 radical (unpaired) electrons. The molecular weight excluding hydrogens is 274 g/mol. The number of nitrogens with zero attached hydrogens (tertiary/aromatic N) is 4. The molecule has 0 aliphatic carbocycles. The summed E-state index contributed by atoms with van der Waals surface area (Å²) in [7, 11) is 0. The Morgan fingerprint density at radius 2 is 2.29 bits per heavy atom. The van der Waals surface area contributed by atoms with Crippen LogP contribution in [0.25, 0.3) is 0 Å². The number of piperidine rings is 1. The lowest BCUT2D eigenvalue weighted by molar-refractivity contribution is -0.384. The molecule has 2 atom stereocenters. The average molecular weight is 293 g/mol. The molecule has 1 aliphatic heterocycles. The van der Waals surface area contributed by atoms with Gasteiger partial charge in [-0.3, -0.25) is 10.1 Å². The molecular formula is C13H19N5O3. The molecule has 0 aromatic carbocycles. The highest BCUT2D eigenvalue weighted by Crippen LogP contribution is 2.31. The van der Waals surface area contributed by atoms with E-state index in [9.17, 15) is 10.1 Å². The predicted octanol–water partition coefficient (Wildman–Crippen LogP) is 1.57. The maximum absolute atomic E-state index is 11.3. The number of oxime groups is 1. The Balaban J connectivity index is 2.37. The molecule has 8 heteroatoms. The molecule has 114 valence electrons. The fourth-order valence-corrected chi connectivity index (χ4v) is 2.48. The van der Waals surface area contributed by atoms with E-state index < -0.39 is 4.92 Å². The number of hydrogen-bond acceptors (Lipinski definition) is 6. The molecule has 2 rings (SSSR count). The molecule has 1 aromatic rings. The van der Waals surface area contributed by atoms with Crippen molar-refractivity contribution in [3.8, 4) is 0 Å². The molecule has 21 heavy (non-hydrogen) atoms. The molecule has 3 N–H and O–H groups in total. The topological polar surface area (TPSA) is 118 Å². The van der Waals surface area contributed by atoms with Gasteiger partial charge in [-0.1, -0.05) is 19.0 Å². The van der Waals surface area contributed by atoms with Crippen LogP contribution in [0.3, 0.4) is 0 Å². The fourth-order valence-electron chi connectivity index (χ4n) is 2.48. The minimum atomic E-state index is -0.487. The van der Waals surface area contributed by atoms with Crippen LogP contribution in [0, 0.1) is 22.0 Å². The number of nitrogens with two attached hydrogens (primary N) is 1. The quantitative estimate of drug-likeness (QED) is 0.287. The van der Waals surface area contributed by atoms with Gasteiger partial charge in [0.15, 0.2) is 5.84 Å². The summed E-state index contributed by atoms with van der Waals surface area (Å²) < 4.78 is 0. The Labute approximate surface area is 122 Å². The summed E-state index contributed by atoms with van der Waals surface area (Å²) >= 11 is 0. The van der Waals surface area contributed by atoms with Crippen LogP contribution < -0.4 is 10.6 Å². The van der Waals surface area contributed by atoms with Gasteiger partial charge < -0.3 is 15.8 Å². The normalized spacial score (nSPS) is 23.1. The van der Waals surface area contributed by atoms with Crippen LogP contribution in [-0.2, 0) is 0 Å². The van der Waals surface area contributed by atoms with E-state index in [2.05, 4.69) is 24.0 Å². The van der Waals surface area contributed by atoms with Crippen molar-refractivity contribution < 1.29 is 10.1 Å². The molecule has 0 spiro atoms. The van der Waals surface area contributed by atoms with Gasteiger partial charge >= 0.3 is 5.69 Å². The SMILES string of the molecule is CC1CCN(c2ncc(C(N)=NO)cc2[N+](=O)[O-])CC1C. The highest BCUT2D eigenvalue weighted by Gasteiger charge is 2.28. The molecule has 1 fully saturated rings. The number of amidine groups is 1. The number of hydrogen-bond donors (Lipinski definition) is 2. The summed E-state index contributed by atoms with van der Waals surface area (Å²) in [5, 5.41) is 22.8. The standard InChI is InChI=1S/C13H19N5O3/c1-8-3-4-17(7-9(8)2)13-11(18(20)21)5-10(6-15-13)12(14)16-19/h5-6,8-9,19H,3-4,7H2,1-2H3,(H2,14,16). The zero-order valence-electron chi connectivity index (χ0n) is 12.1. The van der Waals surface area contributed by atoms with Gasteiger partial charge in [0.25, 0.3) is 0 Å². The Hall–Kier alpha value is -2.38. The van der Waals surface area contributed by atoms with Gasteiger partial charge in [-0.25, -0.2) is 4.98 Å². The van der Waals surface area contributed by atoms with Crippen molar-refractivity contribution in [3.63, 3.8) is 0 Å². The second-order valence-electron chi connectivity index (χ2n) is 5.50. The van der Waals surface area contributed by atoms with Gasteiger partial charge in [0, 0.05) is 30.9 Å². The van der Waals surface area contributed by atoms with Crippen LogP contribution in [0.4, 0.5) is 11.5 Å². The number of rotatable bonds is 3. The second kappa shape index (κ2) is 5.94. The zero-order chi connectivity index (χ0) is 15.6. The summed E-state index contributed by atoms with van der Waals surface area (Å²) in [6.07, 6.45) is 2.36. The van der Waals surface area contributed by atoms with E-state index in [1.54, 1.807) is 0 Å². The predicted molar refractivity (Wildman–Crippen MR) is 78.6 cm³/mol. The molecule has 0 bridgehead atoms. The Kier molecular flexibility index (Phi) is 4.25. The first-order chi connectivity index (χ1) is 9.93. The van der Waals surface area contributed by atoms with E-state index in [-0.39, 0.29) is 17.1 Å². The third-order valence-electron chi connectivity index (χ3n) is 4.08. The molecule has 2 heterocycles. The largest absolute Gasteiger partial charge is 0.409 e. The number of anilines is 1. The van der Waals surface area contributed by atoms with Crippen LogP contribution in [0.2, 0.25) is 0 Å². The summed E-state index contributed by atoms with van der Waals surface area (Å²) in [6, 6.07) is 1.29. The Bertz CT molecular complexity index is 575. The lowest BCUT2D eigenvalue weighted by Gasteiger charge is -2.35. The van der Waals surface area contributed by atoms with Gasteiger partial charge in [-0.05, 0) is 18.3 Å². The summed E-state index contributed by atoms with van der Waals surface area (Å²) in [4.78, 5) is 16.9. The summed E-state index contributed by atoms with van der Waals surface area (Å²) in [6.45, 7) is 5.79. The average Bonchev–Trinajstić information content (AvgIpc) is 2.48. The Morgan fingerprint density at radius 3 is 2.86 bits per heavy atom. The van der Waals surface area contributed by atoms with Crippen molar-refractivity contribution in [2.24, 2.45) is 22.7 Å². The first-order valence-corrected chi connectivity index (χ1v) is 6.81. The maximum atomic E-state index is 11.3. The highest BCUT2D eigenvalue weighted by molar-refractivity contribution is 5.97. The molecule has 0 saturated carbocycles. The van der Waals surface area contributed by atoms with Crippen LogP contribution in [-0.4, -0.2) is 34.0 Å². The van der Waals surface area contributed by atoms with Crippen molar-refractivity contribution in [3.05, 3.63) is 27.9 Å². The van der Waals surface area contributed by atoms with Gasteiger partial charge in [-0.2, -0.15) is 0 Å². The molecule has 1 saturated heterocycles. The smallest absolute Gasteiger partial charge is 0.312 e. The van der Waals surface area contributed by atoms with Crippen molar-refractivity contribution >= 4 is 17.3 Å². The van der Waals surface area contributed by atoms with Gasteiger partial charge in [0.05, 0.1) is 4.92 Å². The first-order valence-electron chi connectivity index (χ1n) is 6.81. The fraction of sp³-hybridized carbons (Fsp3) is 0.538. The third kappa shape index (κ3) is 3.04. The van der Waals surface area contributed by atoms with Crippen LogP contribution in [0.5, 0.6) is 0 Å². The van der Waals surface area contributed by atoms with Gasteiger partial charge in [0.1, 0.15) is 0 Å². The van der Waals surface area contributed by atoms with Crippen LogP contribution in [0.1, 0.15) is 25.8 Å². The van der Waals surface area contributed by atoms with E-state index in [1.165, 1.54) is 12.3 Å². The van der Waals surface area contributed by atoms with E-state index in [0.717, 1.165) is 19.5 Å². The monoisotopic (exact) mass is 293 g/mol. The van der Waals surface area contributed by atoms with Crippen LogP contribution >= 0.6 is 0 Å². The zero-order valence-corrected chi connectivity index (χ0v) is 12.1. The number of pyridine rings is 1. The van der Waals surface area contributed by atoms with Crippen LogP contribution in [0.15, 0.2) is 17.4 Å². The summed E-state index contributed by atoms with van der Waals surface area (Å²) in [5.74, 6) is 1.19. The minimum Gasteiger partial charge on any atom is -0.409 e. The molecule has 1 aromatic heterocycles. The van der Waals surface area contributed by atoms with E-state index in [0.29, 0.717) is 17.7 Å². The van der Waals surface area contributed by atoms with Gasteiger partial charge in [0.2, 0.25) is 5.82 Å². The third-order valence-corrected chi connectivity index (χ3v) is 4.08. The highest BCUT2D eigenvalue weighted by atomic mass is 16.6. The lowest BCUT2D eigenvalue weighted by atomic mass is 9.88. The summed E-state index contributed by atoms with van der Waals surface area (Å²) in [5.41, 5.74) is 5.56. The Morgan fingerprint density at radius 1 is 1.57 bits per heavy atom. The van der Waals surface area contributed by atoms with E-state index in [1.807, 2.05) is 4.90 Å². The van der Waals surface area contributed by atoms with Crippen molar-refractivity contribution in [2.45, 2.75) is 20.3 Å². The first kappa shape index (κ1) is 15.0. The minimum absolute atomic E-state index is 0.124. The van der Waals surface area contributed by atoms with E-state index in [4.69, 9.17) is 10.9 Å². The van der Waals surface area contributed by atoms with E-state index >= 15 is 0 Å². The molecule has 1 aliphatic rings. The number of aromatic nitrogens is 1. The molecule has 0 amide bonds.